The van der Waals surface area contributed by atoms with Crippen LogP contribution < -0.4 is 5.56 Å². The Kier molecular flexibility index (Phi) is 6.58. The molecule has 0 fully saturated rings. The van der Waals surface area contributed by atoms with Crippen molar-refractivity contribution >= 4 is 17.7 Å². The van der Waals surface area contributed by atoms with Gasteiger partial charge in [0.15, 0.2) is 5.16 Å². The quantitative estimate of drug-likeness (QED) is 0.438. The van der Waals surface area contributed by atoms with Crippen LogP contribution in [0.2, 0.25) is 0 Å². The van der Waals surface area contributed by atoms with Crippen LogP contribution in [0.15, 0.2) is 22.2 Å². The summed E-state index contributed by atoms with van der Waals surface area (Å²) in [6.07, 6.45) is 1.61. The summed E-state index contributed by atoms with van der Waals surface area (Å²) in [5.74, 6) is -0.595. The third-order valence-corrected chi connectivity index (χ3v) is 3.08. The highest BCUT2D eigenvalue weighted by Gasteiger charge is 2.07. The first-order valence-corrected chi connectivity index (χ1v) is 6.97. The molecule has 106 valence electrons. The highest BCUT2D eigenvalue weighted by atomic mass is 32.2. The fourth-order valence-electron chi connectivity index (χ4n) is 1.31. The number of aromatic nitrogens is 2. The largest absolute Gasteiger partial charge is 0.481 e. The Morgan fingerprint density at radius 2 is 2.32 bits per heavy atom. The molecule has 0 atom stereocenters. The van der Waals surface area contributed by atoms with E-state index in [0.29, 0.717) is 30.8 Å². The van der Waals surface area contributed by atoms with E-state index in [-0.39, 0.29) is 11.3 Å². The lowest BCUT2D eigenvalue weighted by Gasteiger charge is -2.12. The molecule has 7 heteroatoms. The van der Waals surface area contributed by atoms with Crippen LogP contribution in [-0.4, -0.2) is 39.6 Å². The number of ether oxygens (including phenoxy) is 1. The first-order chi connectivity index (χ1) is 8.99. The molecule has 6 nitrogen and oxygen atoms in total. The number of hydrogen-bond donors (Lipinski definition) is 1. The summed E-state index contributed by atoms with van der Waals surface area (Å²) in [5.41, 5.74) is -0.368. The zero-order valence-corrected chi connectivity index (χ0v) is 11.9. The molecule has 0 aliphatic rings. The van der Waals surface area contributed by atoms with Gasteiger partial charge < -0.3 is 14.4 Å². The van der Waals surface area contributed by atoms with E-state index in [0.717, 1.165) is 11.8 Å². The van der Waals surface area contributed by atoms with Crippen LogP contribution >= 0.6 is 11.8 Å². The Balaban J connectivity index is 2.60. The summed E-state index contributed by atoms with van der Waals surface area (Å²) in [7, 11) is 0. The second kappa shape index (κ2) is 7.96. The Bertz CT molecular complexity index is 473. The minimum atomic E-state index is -0.939. The van der Waals surface area contributed by atoms with Crippen molar-refractivity contribution in [2.45, 2.75) is 25.5 Å². The molecule has 0 saturated carbocycles. The second-order valence-electron chi connectivity index (χ2n) is 4.39. The smallest absolute Gasteiger partial charge is 0.313 e. The summed E-state index contributed by atoms with van der Waals surface area (Å²) in [5, 5.41) is 9.06. The van der Waals surface area contributed by atoms with Crippen molar-refractivity contribution in [2.24, 2.45) is 5.92 Å². The van der Waals surface area contributed by atoms with Crippen molar-refractivity contribution in [2.75, 3.05) is 19.0 Å². The van der Waals surface area contributed by atoms with Gasteiger partial charge >= 0.3 is 5.97 Å². The van der Waals surface area contributed by atoms with Gasteiger partial charge in [-0.05, 0) is 5.92 Å². The van der Waals surface area contributed by atoms with E-state index >= 15 is 0 Å². The molecule has 1 rings (SSSR count). The molecule has 0 amide bonds. The number of rotatable bonds is 8. The van der Waals surface area contributed by atoms with Crippen LogP contribution in [0.4, 0.5) is 0 Å². The molecule has 0 spiro atoms. The molecular weight excluding hydrogens is 268 g/mol. The minimum absolute atomic E-state index is 0.122. The third-order valence-electron chi connectivity index (χ3n) is 2.10. The van der Waals surface area contributed by atoms with Gasteiger partial charge in [0.05, 0.1) is 12.4 Å². The molecule has 0 unspecified atom stereocenters. The monoisotopic (exact) mass is 286 g/mol. The minimum Gasteiger partial charge on any atom is -0.481 e. The van der Waals surface area contributed by atoms with Gasteiger partial charge in [-0.2, -0.15) is 4.98 Å². The SMILES string of the molecule is CC(C)COCCn1ccc(=O)nc1SCC(=O)O. The fraction of sp³-hybridized carbons (Fsp3) is 0.583. The van der Waals surface area contributed by atoms with Gasteiger partial charge in [0.1, 0.15) is 0 Å². The van der Waals surface area contributed by atoms with E-state index in [9.17, 15) is 9.59 Å². The van der Waals surface area contributed by atoms with Crippen LogP contribution in [-0.2, 0) is 16.1 Å². The zero-order chi connectivity index (χ0) is 14.3. The van der Waals surface area contributed by atoms with Gasteiger partial charge in [-0.1, -0.05) is 25.6 Å². The van der Waals surface area contributed by atoms with E-state index in [1.807, 2.05) is 0 Å². The van der Waals surface area contributed by atoms with E-state index < -0.39 is 5.97 Å². The predicted molar refractivity (Wildman–Crippen MR) is 72.5 cm³/mol. The van der Waals surface area contributed by atoms with Crippen LogP contribution in [0, 0.1) is 5.92 Å². The molecule has 0 saturated heterocycles. The molecular formula is C12H18N2O4S. The van der Waals surface area contributed by atoms with Crippen molar-refractivity contribution in [3.05, 3.63) is 22.6 Å². The number of carbonyl (C=O) groups is 1. The summed E-state index contributed by atoms with van der Waals surface area (Å²) < 4.78 is 7.19. The molecule has 0 aromatic carbocycles. The van der Waals surface area contributed by atoms with Crippen molar-refractivity contribution in [3.8, 4) is 0 Å². The molecule has 0 radical (unpaired) electrons. The van der Waals surface area contributed by atoms with E-state index in [1.165, 1.54) is 6.07 Å². The van der Waals surface area contributed by atoms with Gasteiger partial charge in [-0.25, -0.2) is 0 Å². The number of carboxylic acid groups (broad SMARTS) is 1. The zero-order valence-electron chi connectivity index (χ0n) is 11.0. The first-order valence-electron chi connectivity index (χ1n) is 5.99. The van der Waals surface area contributed by atoms with E-state index in [2.05, 4.69) is 18.8 Å². The van der Waals surface area contributed by atoms with Crippen molar-refractivity contribution in [3.63, 3.8) is 0 Å². The summed E-state index contributed by atoms with van der Waals surface area (Å²) in [4.78, 5) is 25.5. The molecule has 0 aliphatic carbocycles. The summed E-state index contributed by atoms with van der Waals surface area (Å²) >= 11 is 1.03. The standard InChI is InChI=1S/C12H18N2O4S/c1-9(2)7-18-6-5-14-4-3-10(15)13-12(14)19-8-11(16)17/h3-4,9H,5-8H2,1-2H3,(H,16,17). The van der Waals surface area contributed by atoms with Crippen molar-refractivity contribution in [1.29, 1.82) is 0 Å². The number of thioether (sulfide) groups is 1. The van der Waals surface area contributed by atoms with Gasteiger partial charge in [-0.15, -0.1) is 0 Å². The highest BCUT2D eigenvalue weighted by Crippen LogP contribution is 2.13. The van der Waals surface area contributed by atoms with Gasteiger partial charge in [0.25, 0.3) is 5.56 Å². The molecule has 1 heterocycles. The molecule has 0 aliphatic heterocycles. The van der Waals surface area contributed by atoms with Gasteiger partial charge in [0.2, 0.25) is 0 Å². The topological polar surface area (TPSA) is 81.4 Å². The second-order valence-corrected chi connectivity index (χ2v) is 5.34. The lowest BCUT2D eigenvalue weighted by atomic mass is 10.2. The lowest BCUT2D eigenvalue weighted by Crippen LogP contribution is -2.17. The maximum atomic E-state index is 11.2. The van der Waals surface area contributed by atoms with E-state index in [4.69, 9.17) is 9.84 Å². The molecule has 0 bridgehead atoms. The average molecular weight is 286 g/mol. The van der Waals surface area contributed by atoms with Crippen LogP contribution in [0.25, 0.3) is 0 Å². The van der Waals surface area contributed by atoms with E-state index in [1.54, 1.807) is 10.8 Å². The van der Waals surface area contributed by atoms with Crippen LogP contribution in [0.1, 0.15) is 13.8 Å². The molecule has 19 heavy (non-hydrogen) atoms. The molecule has 1 N–H and O–H groups in total. The van der Waals surface area contributed by atoms with Gasteiger partial charge in [0, 0.05) is 25.4 Å². The number of nitrogens with zero attached hydrogens (tertiary/aromatic N) is 2. The lowest BCUT2D eigenvalue weighted by molar-refractivity contribution is -0.133. The summed E-state index contributed by atoms with van der Waals surface area (Å²) in [6.45, 7) is 5.85. The molecule has 1 aromatic heterocycles. The van der Waals surface area contributed by atoms with Gasteiger partial charge in [-0.3, -0.25) is 9.59 Å². The van der Waals surface area contributed by atoms with Crippen molar-refractivity contribution < 1.29 is 14.6 Å². The number of carboxylic acids is 1. The summed E-state index contributed by atoms with van der Waals surface area (Å²) in [6, 6.07) is 1.35. The maximum Gasteiger partial charge on any atom is 0.313 e. The number of hydrogen-bond acceptors (Lipinski definition) is 5. The average Bonchev–Trinajstić information content (AvgIpc) is 2.33. The number of aliphatic carboxylic acids is 1. The Morgan fingerprint density at radius 1 is 1.58 bits per heavy atom. The fourth-order valence-corrected chi connectivity index (χ4v) is 2.03. The Labute approximate surface area is 115 Å². The Morgan fingerprint density at radius 3 is 2.95 bits per heavy atom. The van der Waals surface area contributed by atoms with Crippen LogP contribution in [0.5, 0.6) is 0 Å². The predicted octanol–water partition coefficient (Wildman–Crippen LogP) is 1.09. The first kappa shape index (κ1) is 15.7. The normalized spacial score (nSPS) is 10.9. The third kappa shape index (κ3) is 6.40. The Hall–Kier alpha value is -1.34. The highest BCUT2D eigenvalue weighted by molar-refractivity contribution is 7.99. The van der Waals surface area contributed by atoms with Crippen LogP contribution in [0.3, 0.4) is 0 Å². The molecule has 1 aromatic rings. The van der Waals surface area contributed by atoms with Crippen molar-refractivity contribution in [1.82, 2.24) is 9.55 Å². The maximum absolute atomic E-state index is 11.2.